The smallest absolute Gasteiger partial charge is 0.223 e. The number of nitrogens with zero attached hydrogens (tertiary/aromatic N) is 1. The molecule has 0 saturated heterocycles. The van der Waals surface area contributed by atoms with Crippen molar-refractivity contribution in [1.29, 1.82) is 0 Å². The molecule has 0 unspecified atom stereocenters. The molecule has 20 heavy (non-hydrogen) atoms. The minimum absolute atomic E-state index is 0.229. The standard InChI is InChI=1S/C17H19NO2/c19-17(11-8-14-5-2-1-3-6-14)18(15-9-10-15)13-16-7-4-12-20-16/h1-7,12,15H,8-11,13H2. The Balaban J connectivity index is 1.58. The molecule has 0 spiro atoms. The molecule has 0 bridgehead atoms. The van der Waals surface area contributed by atoms with Crippen LogP contribution in [-0.2, 0) is 17.8 Å². The number of hydrogen-bond donors (Lipinski definition) is 0. The van der Waals surface area contributed by atoms with Crippen molar-refractivity contribution >= 4 is 5.91 Å². The van der Waals surface area contributed by atoms with E-state index in [2.05, 4.69) is 12.1 Å². The maximum absolute atomic E-state index is 12.4. The SMILES string of the molecule is O=C(CCc1ccccc1)N(Cc1ccco1)C1CC1. The zero-order valence-corrected chi connectivity index (χ0v) is 11.5. The summed E-state index contributed by atoms with van der Waals surface area (Å²) in [4.78, 5) is 14.4. The average molecular weight is 269 g/mol. The number of hydrogen-bond acceptors (Lipinski definition) is 2. The van der Waals surface area contributed by atoms with Gasteiger partial charge < -0.3 is 9.32 Å². The molecule has 0 N–H and O–H groups in total. The molecule has 1 saturated carbocycles. The van der Waals surface area contributed by atoms with Gasteiger partial charge in [-0.1, -0.05) is 30.3 Å². The Morgan fingerprint density at radius 1 is 1.15 bits per heavy atom. The molecule has 1 amide bonds. The molecular weight excluding hydrogens is 250 g/mol. The summed E-state index contributed by atoms with van der Waals surface area (Å²) in [5, 5.41) is 0. The molecule has 0 radical (unpaired) electrons. The van der Waals surface area contributed by atoms with Crippen molar-refractivity contribution in [2.45, 2.75) is 38.3 Å². The zero-order valence-electron chi connectivity index (χ0n) is 11.5. The van der Waals surface area contributed by atoms with Gasteiger partial charge in [-0.15, -0.1) is 0 Å². The quantitative estimate of drug-likeness (QED) is 0.805. The highest BCUT2D eigenvalue weighted by molar-refractivity contribution is 5.77. The molecule has 104 valence electrons. The van der Waals surface area contributed by atoms with Crippen LogP contribution in [0.1, 0.15) is 30.6 Å². The van der Waals surface area contributed by atoms with Gasteiger partial charge in [0.2, 0.25) is 5.91 Å². The van der Waals surface area contributed by atoms with Gasteiger partial charge in [0, 0.05) is 12.5 Å². The Morgan fingerprint density at radius 2 is 1.95 bits per heavy atom. The Bertz CT molecular complexity index is 544. The Morgan fingerprint density at radius 3 is 2.60 bits per heavy atom. The maximum atomic E-state index is 12.4. The molecule has 3 nitrogen and oxygen atoms in total. The lowest BCUT2D eigenvalue weighted by molar-refractivity contribution is -0.132. The van der Waals surface area contributed by atoms with Crippen molar-refractivity contribution in [2.24, 2.45) is 0 Å². The zero-order chi connectivity index (χ0) is 13.8. The number of amides is 1. The number of carbonyl (C=O) groups is 1. The van der Waals surface area contributed by atoms with Gasteiger partial charge in [-0.25, -0.2) is 0 Å². The van der Waals surface area contributed by atoms with Gasteiger partial charge in [0.15, 0.2) is 0 Å². The van der Waals surface area contributed by atoms with Crippen molar-refractivity contribution in [2.75, 3.05) is 0 Å². The van der Waals surface area contributed by atoms with Gasteiger partial charge in [0.25, 0.3) is 0 Å². The van der Waals surface area contributed by atoms with E-state index in [1.165, 1.54) is 5.56 Å². The van der Waals surface area contributed by atoms with Gasteiger partial charge in [-0.05, 0) is 37.0 Å². The maximum Gasteiger partial charge on any atom is 0.223 e. The van der Waals surface area contributed by atoms with E-state index in [0.29, 0.717) is 19.0 Å². The summed E-state index contributed by atoms with van der Waals surface area (Å²) < 4.78 is 5.36. The van der Waals surface area contributed by atoms with Gasteiger partial charge >= 0.3 is 0 Å². The van der Waals surface area contributed by atoms with Crippen molar-refractivity contribution in [3.63, 3.8) is 0 Å². The summed E-state index contributed by atoms with van der Waals surface area (Å²) in [7, 11) is 0. The van der Waals surface area contributed by atoms with Gasteiger partial charge in [0.05, 0.1) is 12.8 Å². The van der Waals surface area contributed by atoms with Crippen LogP contribution < -0.4 is 0 Å². The first-order chi connectivity index (χ1) is 9.83. The summed E-state index contributed by atoms with van der Waals surface area (Å²) in [6.07, 6.45) is 5.28. The van der Waals surface area contributed by atoms with E-state index in [-0.39, 0.29) is 5.91 Å². The number of aryl methyl sites for hydroxylation is 1. The first-order valence-corrected chi connectivity index (χ1v) is 7.19. The average Bonchev–Trinajstić information content (AvgIpc) is 3.20. The van der Waals surface area contributed by atoms with Crippen LogP contribution in [0.2, 0.25) is 0 Å². The predicted octanol–water partition coefficient (Wildman–Crippen LogP) is 3.40. The fourth-order valence-corrected chi connectivity index (χ4v) is 2.42. The lowest BCUT2D eigenvalue weighted by atomic mass is 10.1. The first-order valence-electron chi connectivity index (χ1n) is 7.19. The van der Waals surface area contributed by atoms with Gasteiger partial charge in [-0.2, -0.15) is 0 Å². The molecule has 3 rings (SSSR count). The second-order valence-corrected chi connectivity index (χ2v) is 5.32. The van der Waals surface area contributed by atoms with E-state index >= 15 is 0 Å². The largest absolute Gasteiger partial charge is 0.467 e. The third-order valence-electron chi connectivity index (χ3n) is 3.68. The Labute approximate surface area is 119 Å². The normalized spacial score (nSPS) is 14.2. The first kappa shape index (κ1) is 13.0. The molecular formula is C17H19NO2. The van der Waals surface area contributed by atoms with E-state index < -0.39 is 0 Å². The highest BCUT2D eigenvalue weighted by atomic mass is 16.3. The van der Waals surface area contributed by atoms with Crippen LogP contribution >= 0.6 is 0 Å². The van der Waals surface area contributed by atoms with Crippen LogP contribution in [0.4, 0.5) is 0 Å². The van der Waals surface area contributed by atoms with Crippen LogP contribution in [0.5, 0.6) is 0 Å². The monoisotopic (exact) mass is 269 g/mol. The van der Waals surface area contributed by atoms with Gasteiger partial charge in [-0.3, -0.25) is 4.79 Å². The molecule has 1 aliphatic carbocycles. The summed E-state index contributed by atoms with van der Waals surface area (Å²) in [6.45, 7) is 0.602. The van der Waals surface area contributed by atoms with Crippen LogP contribution in [0, 0.1) is 0 Å². The number of furan rings is 1. The molecule has 3 heteroatoms. The lowest BCUT2D eigenvalue weighted by Crippen LogP contribution is -2.32. The van der Waals surface area contributed by atoms with Crippen molar-refractivity contribution in [3.05, 3.63) is 60.1 Å². The summed E-state index contributed by atoms with van der Waals surface area (Å²) in [5.41, 5.74) is 1.22. The Hall–Kier alpha value is -2.03. The topological polar surface area (TPSA) is 33.5 Å². The number of carbonyl (C=O) groups excluding carboxylic acids is 1. The molecule has 2 aromatic rings. The lowest BCUT2D eigenvalue weighted by Gasteiger charge is -2.21. The van der Waals surface area contributed by atoms with Crippen molar-refractivity contribution < 1.29 is 9.21 Å². The van der Waals surface area contributed by atoms with E-state index in [0.717, 1.165) is 25.0 Å². The van der Waals surface area contributed by atoms with Crippen LogP contribution in [0.3, 0.4) is 0 Å². The summed E-state index contributed by atoms with van der Waals surface area (Å²) in [5.74, 6) is 1.10. The van der Waals surface area contributed by atoms with Crippen LogP contribution in [0.15, 0.2) is 53.1 Å². The highest BCUT2D eigenvalue weighted by Crippen LogP contribution is 2.29. The van der Waals surface area contributed by atoms with Crippen LogP contribution in [0.25, 0.3) is 0 Å². The van der Waals surface area contributed by atoms with Crippen molar-refractivity contribution in [3.8, 4) is 0 Å². The summed E-state index contributed by atoms with van der Waals surface area (Å²) in [6, 6.07) is 14.4. The minimum Gasteiger partial charge on any atom is -0.467 e. The second-order valence-electron chi connectivity index (χ2n) is 5.32. The number of benzene rings is 1. The molecule has 1 aromatic heterocycles. The fraction of sp³-hybridized carbons (Fsp3) is 0.353. The summed E-state index contributed by atoms with van der Waals surface area (Å²) >= 11 is 0. The Kier molecular flexibility index (Phi) is 3.86. The molecule has 0 aliphatic heterocycles. The van der Waals surface area contributed by atoms with E-state index in [9.17, 15) is 4.79 Å². The third-order valence-corrected chi connectivity index (χ3v) is 3.68. The molecule has 1 fully saturated rings. The molecule has 1 aliphatic rings. The second kappa shape index (κ2) is 5.95. The minimum atomic E-state index is 0.229. The predicted molar refractivity (Wildman–Crippen MR) is 77.0 cm³/mol. The number of rotatable bonds is 6. The van der Waals surface area contributed by atoms with Gasteiger partial charge in [0.1, 0.15) is 5.76 Å². The molecule has 1 heterocycles. The van der Waals surface area contributed by atoms with E-state index in [4.69, 9.17) is 4.42 Å². The highest BCUT2D eigenvalue weighted by Gasteiger charge is 2.32. The van der Waals surface area contributed by atoms with E-state index in [1.807, 2.05) is 35.2 Å². The van der Waals surface area contributed by atoms with Crippen LogP contribution in [-0.4, -0.2) is 16.8 Å². The third kappa shape index (κ3) is 3.29. The van der Waals surface area contributed by atoms with E-state index in [1.54, 1.807) is 6.26 Å². The molecule has 1 aromatic carbocycles. The molecule has 0 atom stereocenters. The fourth-order valence-electron chi connectivity index (χ4n) is 2.42. The van der Waals surface area contributed by atoms with Crippen molar-refractivity contribution in [1.82, 2.24) is 4.90 Å².